The SMILES string of the molecule is CNc1cncc(NC2CCC(=O)N(C)C2)n1. The largest absolute Gasteiger partial charge is 0.372 e. The number of nitrogens with zero attached hydrogens (tertiary/aromatic N) is 3. The predicted molar refractivity (Wildman–Crippen MR) is 65.9 cm³/mol. The highest BCUT2D eigenvalue weighted by Gasteiger charge is 2.22. The maximum absolute atomic E-state index is 11.4. The molecule has 2 N–H and O–H groups in total. The molecule has 1 atom stereocenters. The average Bonchev–Trinajstić information content (AvgIpc) is 2.34. The molecule has 1 unspecified atom stereocenters. The quantitative estimate of drug-likeness (QED) is 0.800. The molecule has 0 spiro atoms. The Hall–Kier alpha value is -1.85. The maximum Gasteiger partial charge on any atom is 0.222 e. The number of likely N-dealkylation sites (N-methyl/N-ethyl adjacent to an activating group) is 1. The molecule has 0 aromatic carbocycles. The Labute approximate surface area is 100 Å². The van der Waals surface area contributed by atoms with Crippen LogP contribution in [0.5, 0.6) is 0 Å². The number of amides is 1. The Balaban J connectivity index is 1.98. The van der Waals surface area contributed by atoms with Crippen molar-refractivity contribution in [3.63, 3.8) is 0 Å². The van der Waals surface area contributed by atoms with Gasteiger partial charge in [0.05, 0.1) is 12.4 Å². The van der Waals surface area contributed by atoms with Crippen molar-refractivity contribution in [1.29, 1.82) is 0 Å². The van der Waals surface area contributed by atoms with Gasteiger partial charge in [-0.15, -0.1) is 0 Å². The van der Waals surface area contributed by atoms with Crippen molar-refractivity contribution in [2.75, 3.05) is 31.3 Å². The van der Waals surface area contributed by atoms with Crippen LogP contribution in [0.2, 0.25) is 0 Å². The van der Waals surface area contributed by atoms with E-state index in [0.717, 1.165) is 18.1 Å². The lowest BCUT2D eigenvalue weighted by Gasteiger charge is -2.30. The number of carbonyl (C=O) groups excluding carboxylic acids is 1. The van der Waals surface area contributed by atoms with E-state index in [1.54, 1.807) is 24.3 Å². The molecule has 1 amide bonds. The third-order valence-electron chi connectivity index (χ3n) is 2.87. The number of nitrogens with one attached hydrogen (secondary N) is 2. The summed E-state index contributed by atoms with van der Waals surface area (Å²) in [6.07, 6.45) is 4.79. The minimum Gasteiger partial charge on any atom is -0.372 e. The second-order valence-electron chi connectivity index (χ2n) is 4.19. The highest BCUT2D eigenvalue weighted by molar-refractivity contribution is 5.77. The van der Waals surface area contributed by atoms with Gasteiger partial charge in [0.1, 0.15) is 11.6 Å². The smallest absolute Gasteiger partial charge is 0.222 e. The molecule has 1 aliphatic rings. The molecule has 1 aromatic rings. The lowest BCUT2D eigenvalue weighted by Crippen LogP contribution is -2.43. The van der Waals surface area contributed by atoms with Crippen LogP contribution in [-0.2, 0) is 4.79 Å². The molecule has 6 heteroatoms. The van der Waals surface area contributed by atoms with Crippen molar-refractivity contribution in [3.05, 3.63) is 12.4 Å². The van der Waals surface area contributed by atoms with Gasteiger partial charge in [-0.1, -0.05) is 0 Å². The second kappa shape index (κ2) is 4.99. The van der Waals surface area contributed by atoms with Crippen LogP contribution in [0.1, 0.15) is 12.8 Å². The summed E-state index contributed by atoms with van der Waals surface area (Å²) in [6.45, 7) is 0.713. The summed E-state index contributed by atoms with van der Waals surface area (Å²) in [5, 5.41) is 6.24. The molecular weight excluding hydrogens is 218 g/mol. The van der Waals surface area contributed by atoms with E-state index in [1.165, 1.54) is 0 Å². The molecule has 92 valence electrons. The number of hydrogen-bond acceptors (Lipinski definition) is 5. The third kappa shape index (κ3) is 2.83. The maximum atomic E-state index is 11.4. The zero-order chi connectivity index (χ0) is 12.3. The van der Waals surface area contributed by atoms with Crippen LogP contribution < -0.4 is 10.6 Å². The molecule has 1 saturated heterocycles. The topological polar surface area (TPSA) is 70.2 Å². The Kier molecular flexibility index (Phi) is 3.41. The summed E-state index contributed by atoms with van der Waals surface area (Å²) in [6, 6.07) is 0.249. The van der Waals surface area contributed by atoms with Gasteiger partial charge in [-0.25, -0.2) is 4.98 Å². The summed E-state index contributed by atoms with van der Waals surface area (Å²) in [5.74, 6) is 1.68. The van der Waals surface area contributed by atoms with E-state index in [4.69, 9.17) is 0 Å². The van der Waals surface area contributed by atoms with Crippen LogP contribution in [-0.4, -0.2) is 47.5 Å². The van der Waals surface area contributed by atoms with Crippen molar-refractivity contribution >= 4 is 17.5 Å². The van der Waals surface area contributed by atoms with Crippen LogP contribution in [0.25, 0.3) is 0 Å². The van der Waals surface area contributed by atoms with Gasteiger partial charge in [0.25, 0.3) is 0 Å². The average molecular weight is 235 g/mol. The lowest BCUT2D eigenvalue weighted by molar-refractivity contribution is -0.132. The molecule has 0 saturated carbocycles. The van der Waals surface area contributed by atoms with Crippen LogP contribution in [0.4, 0.5) is 11.6 Å². The van der Waals surface area contributed by atoms with Gasteiger partial charge in [0.15, 0.2) is 0 Å². The zero-order valence-electron chi connectivity index (χ0n) is 10.1. The van der Waals surface area contributed by atoms with E-state index in [1.807, 2.05) is 7.05 Å². The first-order valence-corrected chi connectivity index (χ1v) is 5.69. The summed E-state index contributed by atoms with van der Waals surface area (Å²) >= 11 is 0. The van der Waals surface area contributed by atoms with Crippen LogP contribution in [0.3, 0.4) is 0 Å². The molecule has 1 fully saturated rings. The summed E-state index contributed by atoms with van der Waals surface area (Å²) in [4.78, 5) is 21.5. The molecule has 17 heavy (non-hydrogen) atoms. The third-order valence-corrected chi connectivity index (χ3v) is 2.87. The number of piperidine rings is 1. The predicted octanol–water partition coefficient (Wildman–Crippen LogP) is 0.551. The lowest BCUT2D eigenvalue weighted by atomic mass is 10.1. The number of rotatable bonds is 3. The summed E-state index contributed by atoms with van der Waals surface area (Å²) < 4.78 is 0. The van der Waals surface area contributed by atoms with Gasteiger partial charge < -0.3 is 15.5 Å². The van der Waals surface area contributed by atoms with E-state index in [9.17, 15) is 4.79 Å². The fourth-order valence-electron chi connectivity index (χ4n) is 1.90. The zero-order valence-corrected chi connectivity index (χ0v) is 10.1. The monoisotopic (exact) mass is 235 g/mol. The van der Waals surface area contributed by atoms with Crippen LogP contribution in [0, 0.1) is 0 Å². The van der Waals surface area contributed by atoms with Crippen molar-refractivity contribution in [1.82, 2.24) is 14.9 Å². The Morgan fingerprint density at radius 1 is 1.41 bits per heavy atom. The highest BCUT2D eigenvalue weighted by atomic mass is 16.2. The molecule has 0 aliphatic carbocycles. The van der Waals surface area contributed by atoms with Crippen LogP contribution in [0.15, 0.2) is 12.4 Å². The standard InChI is InChI=1S/C11H17N5O/c1-12-9-5-13-6-10(15-9)14-8-3-4-11(17)16(2)7-8/h5-6,8H,3-4,7H2,1-2H3,(H2,12,14,15). The van der Waals surface area contributed by atoms with E-state index in [2.05, 4.69) is 20.6 Å². The molecule has 2 rings (SSSR count). The Bertz CT molecular complexity index is 409. The van der Waals surface area contributed by atoms with Gasteiger partial charge in [-0.3, -0.25) is 9.78 Å². The minimum atomic E-state index is 0.207. The van der Waals surface area contributed by atoms with Crippen molar-refractivity contribution in [2.45, 2.75) is 18.9 Å². The van der Waals surface area contributed by atoms with E-state index in [-0.39, 0.29) is 11.9 Å². The van der Waals surface area contributed by atoms with Gasteiger partial charge in [0, 0.05) is 33.1 Å². The number of hydrogen-bond donors (Lipinski definition) is 2. The Morgan fingerprint density at radius 2 is 2.18 bits per heavy atom. The first-order valence-electron chi connectivity index (χ1n) is 5.69. The highest BCUT2D eigenvalue weighted by Crippen LogP contribution is 2.14. The van der Waals surface area contributed by atoms with E-state index >= 15 is 0 Å². The summed E-state index contributed by atoms with van der Waals surface area (Å²) in [5.41, 5.74) is 0. The van der Waals surface area contributed by atoms with E-state index in [0.29, 0.717) is 13.0 Å². The minimum absolute atomic E-state index is 0.207. The van der Waals surface area contributed by atoms with Gasteiger partial charge >= 0.3 is 0 Å². The number of aromatic nitrogens is 2. The fraction of sp³-hybridized carbons (Fsp3) is 0.545. The number of anilines is 2. The van der Waals surface area contributed by atoms with Crippen LogP contribution >= 0.6 is 0 Å². The van der Waals surface area contributed by atoms with E-state index < -0.39 is 0 Å². The fourth-order valence-corrected chi connectivity index (χ4v) is 1.90. The molecule has 1 aliphatic heterocycles. The molecular formula is C11H17N5O. The van der Waals surface area contributed by atoms with Crippen molar-refractivity contribution in [3.8, 4) is 0 Å². The Morgan fingerprint density at radius 3 is 2.88 bits per heavy atom. The molecule has 0 radical (unpaired) electrons. The first kappa shape index (κ1) is 11.6. The first-order chi connectivity index (χ1) is 8.19. The van der Waals surface area contributed by atoms with Crippen molar-refractivity contribution < 1.29 is 4.79 Å². The van der Waals surface area contributed by atoms with Gasteiger partial charge in [-0.05, 0) is 6.42 Å². The molecule has 0 bridgehead atoms. The number of likely N-dealkylation sites (tertiary alicyclic amines) is 1. The van der Waals surface area contributed by atoms with Crippen molar-refractivity contribution in [2.24, 2.45) is 0 Å². The normalized spacial score (nSPS) is 20.2. The molecule has 6 nitrogen and oxygen atoms in total. The molecule has 2 heterocycles. The molecule has 1 aromatic heterocycles. The van der Waals surface area contributed by atoms with Gasteiger partial charge in [-0.2, -0.15) is 0 Å². The second-order valence-corrected chi connectivity index (χ2v) is 4.19. The summed E-state index contributed by atoms with van der Waals surface area (Å²) in [7, 11) is 3.63. The van der Waals surface area contributed by atoms with Gasteiger partial charge in [0.2, 0.25) is 5.91 Å². The number of carbonyl (C=O) groups is 1.